The van der Waals surface area contributed by atoms with Gasteiger partial charge in [0.15, 0.2) is 0 Å². The molecule has 3 aromatic carbocycles. The summed E-state index contributed by atoms with van der Waals surface area (Å²) < 4.78 is 19.4. The molecule has 5 rings (SSSR count). The number of hydrogen-bond donors (Lipinski definition) is 0. The summed E-state index contributed by atoms with van der Waals surface area (Å²) in [6.07, 6.45) is 0. The molecule has 35 heavy (non-hydrogen) atoms. The van der Waals surface area contributed by atoms with Crippen LogP contribution < -0.4 is 9.64 Å². The van der Waals surface area contributed by atoms with Crippen LogP contribution in [0.2, 0.25) is 0 Å². The third-order valence-electron chi connectivity index (χ3n) is 7.31. The zero-order valence-corrected chi connectivity index (χ0v) is 20.1. The van der Waals surface area contributed by atoms with Gasteiger partial charge >= 0.3 is 0 Å². The first-order valence-corrected chi connectivity index (χ1v) is 12.3. The topological polar surface area (TPSA) is 36.0 Å². The van der Waals surface area contributed by atoms with E-state index < -0.39 is 0 Å². The predicted octanol–water partition coefficient (Wildman–Crippen LogP) is 4.51. The van der Waals surface area contributed by atoms with Crippen LogP contribution in [0.3, 0.4) is 0 Å². The van der Waals surface area contributed by atoms with E-state index in [9.17, 15) is 9.18 Å². The van der Waals surface area contributed by atoms with Crippen molar-refractivity contribution < 1.29 is 13.9 Å². The van der Waals surface area contributed by atoms with E-state index in [-0.39, 0.29) is 23.6 Å². The van der Waals surface area contributed by atoms with Gasteiger partial charge in [0, 0.05) is 63.0 Å². The van der Waals surface area contributed by atoms with E-state index in [0.717, 1.165) is 38.3 Å². The molecule has 0 N–H and O–H groups in total. The molecule has 0 aliphatic carbocycles. The molecule has 0 spiro atoms. The van der Waals surface area contributed by atoms with E-state index in [2.05, 4.69) is 34.1 Å². The van der Waals surface area contributed by atoms with Gasteiger partial charge < -0.3 is 14.5 Å². The quantitative estimate of drug-likeness (QED) is 0.528. The third kappa shape index (κ3) is 5.33. The monoisotopic (exact) mass is 473 g/mol. The summed E-state index contributed by atoms with van der Waals surface area (Å²) in [6, 6.07) is 24.7. The number of amides is 1. The van der Waals surface area contributed by atoms with E-state index >= 15 is 0 Å². The van der Waals surface area contributed by atoms with E-state index in [1.807, 2.05) is 35.2 Å². The molecule has 0 saturated carbocycles. The number of hydrogen-bond acceptors (Lipinski definition) is 4. The van der Waals surface area contributed by atoms with Gasteiger partial charge in [-0.25, -0.2) is 4.39 Å². The van der Waals surface area contributed by atoms with Crippen molar-refractivity contribution >= 4 is 11.6 Å². The molecule has 0 radical (unpaired) electrons. The Hall–Kier alpha value is -3.38. The zero-order chi connectivity index (χ0) is 24.2. The van der Waals surface area contributed by atoms with Crippen LogP contribution >= 0.6 is 0 Å². The van der Waals surface area contributed by atoms with Gasteiger partial charge in [-0.3, -0.25) is 9.69 Å². The Kier molecular flexibility index (Phi) is 7.00. The summed E-state index contributed by atoms with van der Waals surface area (Å²) in [5, 5.41) is 0. The second-order valence-corrected chi connectivity index (χ2v) is 9.49. The lowest BCUT2D eigenvalue weighted by Gasteiger charge is -2.37. The maximum Gasteiger partial charge on any atom is 0.254 e. The number of nitrogens with zero attached hydrogens (tertiary/aromatic N) is 3. The fourth-order valence-electron chi connectivity index (χ4n) is 5.43. The highest BCUT2D eigenvalue weighted by Crippen LogP contribution is 2.35. The Bertz CT molecular complexity index is 1150. The highest BCUT2D eigenvalue weighted by atomic mass is 19.1. The average Bonchev–Trinajstić information content (AvgIpc) is 3.33. The fraction of sp³-hybridized carbons (Fsp3) is 0.345. The van der Waals surface area contributed by atoms with Gasteiger partial charge in [-0.1, -0.05) is 36.4 Å². The molecular weight excluding hydrogens is 441 g/mol. The highest BCUT2D eigenvalue weighted by Gasteiger charge is 2.38. The van der Waals surface area contributed by atoms with Gasteiger partial charge in [0.05, 0.1) is 7.11 Å². The SMILES string of the molecule is COc1cccc(C(=O)N2C[C@@H](CN3CCN(c4ccccc4)CC3)[C@@H](c3cccc(F)c3)C2)c1. The van der Waals surface area contributed by atoms with Crippen LogP contribution in [-0.2, 0) is 0 Å². The first-order chi connectivity index (χ1) is 17.1. The second kappa shape index (κ2) is 10.5. The largest absolute Gasteiger partial charge is 0.497 e. The Morgan fingerprint density at radius 1 is 0.914 bits per heavy atom. The summed E-state index contributed by atoms with van der Waals surface area (Å²) in [7, 11) is 1.60. The number of para-hydroxylation sites is 1. The minimum atomic E-state index is -0.227. The van der Waals surface area contributed by atoms with Gasteiger partial charge in [-0.15, -0.1) is 0 Å². The van der Waals surface area contributed by atoms with Crippen molar-refractivity contribution in [3.8, 4) is 5.75 Å². The highest BCUT2D eigenvalue weighted by molar-refractivity contribution is 5.94. The molecule has 0 bridgehead atoms. The third-order valence-corrected chi connectivity index (χ3v) is 7.31. The lowest BCUT2D eigenvalue weighted by atomic mass is 9.88. The van der Waals surface area contributed by atoms with Crippen molar-refractivity contribution in [3.05, 3.63) is 95.8 Å². The summed E-state index contributed by atoms with van der Waals surface area (Å²) in [5.41, 5.74) is 2.86. The normalized spacial score (nSPS) is 20.7. The van der Waals surface area contributed by atoms with Gasteiger partial charge in [-0.05, 0) is 53.9 Å². The zero-order valence-electron chi connectivity index (χ0n) is 20.1. The van der Waals surface area contributed by atoms with Crippen LogP contribution in [0.1, 0.15) is 21.8 Å². The van der Waals surface area contributed by atoms with Crippen molar-refractivity contribution in [3.63, 3.8) is 0 Å². The van der Waals surface area contributed by atoms with Crippen molar-refractivity contribution in [2.75, 3.05) is 57.8 Å². The molecule has 2 atom stereocenters. The molecule has 2 aliphatic heterocycles. The van der Waals surface area contributed by atoms with Crippen molar-refractivity contribution in [1.29, 1.82) is 0 Å². The molecule has 182 valence electrons. The number of ether oxygens (including phenoxy) is 1. The molecule has 2 heterocycles. The van der Waals surface area contributed by atoms with Gasteiger partial charge in [-0.2, -0.15) is 0 Å². The molecule has 1 amide bonds. The Labute approximate surface area is 206 Å². The molecule has 2 aliphatic rings. The molecule has 0 aromatic heterocycles. The Balaban J connectivity index is 1.30. The van der Waals surface area contributed by atoms with Crippen LogP contribution in [0, 0.1) is 11.7 Å². The second-order valence-electron chi connectivity index (χ2n) is 9.49. The predicted molar refractivity (Wildman–Crippen MR) is 137 cm³/mol. The minimum absolute atomic E-state index is 0.00157. The van der Waals surface area contributed by atoms with Gasteiger partial charge in [0.2, 0.25) is 0 Å². The first-order valence-electron chi connectivity index (χ1n) is 12.3. The summed E-state index contributed by atoms with van der Waals surface area (Å²) in [6.45, 7) is 6.06. The van der Waals surface area contributed by atoms with Crippen LogP contribution in [-0.4, -0.2) is 68.6 Å². The number of likely N-dealkylation sites (tertiary alicyclic amines) is 1. The molecule has 6 heteroatoms. The Morgan fingerprint density at radius 3 is 2.43 bits per heavy atom. The van der Waals surface area contributed by atoms with Crippen LogP contribution in [0.15, 0.2) is 78.9 Å². The summed E-state index contributed by atoms with van der Waals surface area (Å²) in [5.74, 6) is 0.795. The number of piperazine rings is 1. The first kappa shape index (κ1) is 23.4. The Morgan fingerprint density at radius 2 is 1.69 bits per heavy atom. The average molecular weight is 474 g/mol. The molecular formula is C29H32FN3O2. The lowest BCUT2D eigenvalue weighted by Crippen LogP contribution is -2.48. The van der Waals surface area contributed by atoms with E-state index in [0.29, 0.717) is 24.4 Å². The fourth-order valence-corrected chi connectivity index (χ4v) is 5.43. The van der Waals surface area contributed by atoms with Crippen molar-refractivity contribution in [1.82, 2.24) is 9.80 Å². The minimum Gasteiger partial charge on any atom is -0.497 e. The maximum absolute atomic E-state index is 14.1. The van der Waals surface area contributed by atoms with Crippen LogP contribution in [0.4, 0.5) is 10.1 Å². The van der Waals surface area contributed by atoms with Gasteiger partial charge in [0.1, 0.15) is 11.6 Å². The summed E-state index contributed by atoms with van der Waals surface area (Å²) >= 11 is 0. The van der Waals surface area contributed by atoms with E-state index in [1.165, 1.54) is 11.8 Å². The van der Waals surface area contributed by atoms with E-state index in [1.54, 1.807) is 25.3 Å². The van der Waals surface area contributed by atoms with Crippen LogP contribution in [0.25, 0.3) is 0 Å². The number of carbonyl (C=O) groups is 1. The molecule has 2 saturated heterocycles. The number of carbonyl (C=O) groups excluding carboxylic acids is 1. The lowest BCUT2D eigenvalue weighted by molar-refractivity contribution is 0.0782. The van der Waals surface area contributed by atoms with Crippen LogP contribution in [0.5, 0.6) is 5.75 Å². The standard InChI is InChI=1S/C29H32FN3O2/c1-35-27-12-6-8-23(18-27)29(34)33-20-24(28(21-33)22-7-5-9-25(30)17-22)19-31-13-15-32(16-14-31)26-10-3-2-4-11-26/h2-12,17-18,24,28H,13-16,19-21H2,1H3/t24-,28-/m1/s1. The van der Waals surface area contributed by atoms with E-state index in [4.69, 9.17) is 4.74 Å². The number of anilines is 1. The number of halogens is 1. The maximum atomic E-state index is 14.1. The molecule has 0 unspecified atom stereocenters. The number of rotatable bonds is 6. The van der Waals surface area contributed by atoms with Crippen molar-refractivity contribution in [2.45, 2.75) is 5.92 Å². The summed E-state index contributed by atoms with van der Waals surface area (Å²) in [4.78, 5) is 20.2. The van der Waals surface area contributed by atoms with Crippen molar-refractivity contribution in [2.24, 2.45) is 5.92 Å². The van der Waals surface area contributed by atoms with Gasteiger partial charge in [0.25, 0.3) is 5.91 Å². The number of methoxy groups -OCH3 is 1. The molecule has 2 fully saturated rings. The smallest absolute Gasteiger partial charge is 0.254 e. The molecule has 5 nitrogen and oxygen atoms in total. The number of benzene rings is 3. The molecule has 3 aromatic rings.